The molecule has 3 aromatic rings. The van der Waals surface area contributed by atoms with Gasteiger partial charge in [-0.25, -0.2) is 4.79 Å². The van der Waals surface area contributed by atoms with E-state index in [0.717, 1.165) is 0 Å². The Hall–Kier alpha value is -2.70. The average molecular weight is 286 g/mol. The van der Waals surface area contributed by atoms with Gasteiger partial charge in [-0.2, -0.15) is 15.0 Å². The number of aromatic nitrogens is 4. The van der Waals surface area contributed by atoms with Crippen molar-refractivity contribution in [3.8, 4) is 0 Å². The Morgan fingerprint density at radius 3 is 2.76 bits per heavy atom. The number of hydrogen-bond donors (Lipinski definition) is 0. The molecule has 0 aliphatic rings. The molecule has 0 aliphatic carbocycles. The van der Waals surface area contributed by atoms with Crippen LogP contribution in [0, 0.1) is 0 Å². The van der Waals surface area contributed by atoms with Crippen LogP contribution in [-0.4, -0.2) is 32.6 Å². The number of ether oxygens (including phenoxy) is 1. The van der Waals surface area contributed by atoms with Gasteiger partial charge in [0, 0.05) is 25.2 Å². The predicted octanol–water partition coefficient (Wildman–Crippen LogP) is 1.09. The number of aryl methyl sites for hydroxylation is 2. The van der Waals surface area contributed by atoms with Gasteiger partial charge in [-0.05, 0) is 19.1 Å². The molecular formula is C14H14N4O3. The molecule has 0 fully saturated rings. The van der Waals surface area contributed by atoms with E-state index in [1.165, 1.54) is 18.1 Å². The second kappa shape index (κ2) is 4.69. The van der Waals surface area contributed by atoms with Crippen LogP contribution in [0.4, 0.5) is 0 Å². The summed E-state index contributed by atoms with van der Waals surface area (Å²) in [5.74, 6) is -0.636. The van der Waals surface area contributed by atoms with Crippen molar-refractivity contribution < 1.29 is 9.53 Å². The second-order valence-corrected chi connectivity index (χ2v) is 4.67. The fourth-order valence-electron chi connectivity index (χ4n) is 2.47. The van der Waals surface area contributed by atoms with Crippen LogP contribution in [0.15, 0.2) is 23.1 Å². The third-order valence-electron chi connectivity index (χ3n) is 3.43. The van der Waals surface area contributed by atoms with Gasteiger partial charge < -0.3 is 9.30 Å². The predicted molar refractivity (Wildman–Crippen MR) is 77.3 cm³/mol. The number of benzene rings is 1. The second-order valence-electron chi connectivity index (χ2n) is 4.67. The lowest BCUT2D eigenvalue weighted by atomic mass is 10.1. The van der Waals surface area contributed by atoms with E-state index in [0.29, 0.717) is 28.5 Å². The van der Waals surface area contributed by atoms with Crippen LogP contribution in [0.1, 0.15) is 17.3 Å². The zero-order valence-electron chi connectivity index (χ0n) is 12.0. The molecule has 0 amide bonds. The van der Waals surface area contributed by atoms with E-state index in [4.69, 9.17) is 0 Å². The van der Waals surface area contributed by atoms with E-state index in [9.17, 15) is 9.59 Å². The van der Waals surface area contributed by atoms with E-state index >= 15 is 0 Å². The molecule has 0 radical (unpaired) electrons. The zero-order chi connectivity index (χ0) is 15.1. The number of pyridine rings is 1. The summed E-state index contributed by atoms with van der Waals surface area (Å²) in [5, 5.41) is 8.99. The van der Waals surface area contributed by atoms with Gasteiger partial charge in [0.15, 0.2) is 0 Å². The highest BCUT2D eigenvalue weighted by Crippen LogP contribution is 2.21. The fourth-order valence-corrected chi connectivity index (χ4v) is 2.47. The first kappa shape index (κ1) is 13.3. The van der Waals surface area contributed by atoms with Crippen molar-refractivity contribution in [2.75, 3.05) is 7.11 Å². The van der Waals surface area contributed by atoms with Crippen LogP contribution < -0.4 is 5.43 Å². The Morgan fingerprint density at radius 2 is 2.10 bits per heavy atom. The standard InChI is InChI=1S/C14H14N4O3/c1-4-18-7-9(14(20)21-3)13(19)8-5-6-10-11(12(8)18)16-17(2)15-10/h5-7H,4H2,1-3H3. The molecule has 2 aromatic heterocycles. The molecule has 7 nitrogen and oxygen atoms in total. The lowest BCUT2D eigenvalue weighted by Gasteiger charge is -2.10. The fraction of sp³-hybridized carbons (Fsp3) is 0.286. The maximum Gasteiger partial charge on any atom is 0.343 e. The minimum Gasteiger partial charge on any atom is -0.465 e. The Labute approximate surface area is 119 Å². The van der Waals surface area contributed by atoms with E-state index in [1.807, 2.05) is 11.5 Å². The summed E-state index contributed by atoms with van der Waals surface area (Å²) in [6.45, 7) is 2.52. The molecule has 7 heteroatoms. The van der Waals surface area contributed by atoms with Gasteiger partial charge in [0.1, 0.15) is 16.6 Å². The lowest BCUT2D eigenvalue weighted by molar-refractivity contribution is 0.0598. The van der Waals surface area contributed by atoms with Crippen LogP contribution in [0.5, 0.6) is 0 Å². The molecule has 0 aliphatic heterocycles. The number of methoxy groups -OCH3 is 1. The largest absolute Gasteiger partial charge is 0.465 e. The number of rotatable bonds is 2. The Balaban J connectivity index is 2.51. The van der Waals surface area contributed by atoms with Gasteiger partial charge in [-0.15, -0.1) is 0 Å². The van der Waals surface area contributed by atoms with Gasteiger partial charge in [0.25, 0.3) is 0 Å². The highest BCUT2D eigenvalue weighted by Gasteiger charge is 2.18. The lowest BCUT2D eigenvalue weighted by Crippen LogP contribution is -2.20. The molecule has 1 aromatic carbocycles. The Kier molecular flexibility index (Phi) is 2.97. The average Bonchev–Trinajstić information content (AvgIpc) is 2.87. The molecule has 21 heavy (non-hydrogen) atoms. The van der Waals surface area contributed by atoms with Crippen LogP contribution in [-0.2, 0) is 18.3 Å². The molecule has 0 bridgehead atoms. The maximum absolute atomic E-state index is 12.5. The monoisotopic (exact) mass is 286 g/mol. The summed E-state index contributed by atoms with van der Waals surface area (Å²) < 4.78 is 6.49. The smallest absolute Gasteiger partial charge is 0.343 e. The van der Waals surface area contributed by atoms with Gasteiger partial charge in [0.2, 0.25) is 5.43 Å². The molecule has 0 atom stereocenters. The van der Waals surface area contributed by atoms with Crippen molar-refractivity contribution >= 4 is 27.9 Å². The maximum atomic E-state index is 12.5. The summed E-state index contributed by atoms with van der Waals surface area (Å²) >= 11 is 0. The molecule has 0 N–H and O–H groups in total. The minimum atomic E-state index is -0.636. The number of carbonyl (C=O) groups excluding carboxylic acids is 1. The van der Waals surface area contributed by atoms with Gasteiger partial charge in [-0.3, -0.25) is 4.79 Å². The molecule has 108 valence electrons. The van der Waals surface area contributed by atoms with Gasteiger partial charge >= 0.3 is 5.97 Å². The highest BCUT2D eigenvalue weighted by atomic mass is 16.5. The van der Waals surface area contributed by atoms with Crippen molar-refractivity contribution in [3.05, 3.63) is 34.1 Å². The van der Waals surface area contributed by atoms with E-state index in [2.05, 4.69) is 14.9 Å². The molecule has 0 spiro atoms. The summed E-state index contributed by atoms with van der Waals surface area (Å²) in [6.07, 6.45) is 1.52. The summed E-state index contributed by atoms with van der Waals surface area (Å²) in [6, 6.07) is 3.40. The Morgan fingerprint density at radius 1 is 1.33 bits per heavy atom. The van der Waals surface area contributed by atoms with Crippen molar-refractivity contribution in [3.63, 3.8) is 0 Å². The van der Waals surface area contributed by atoms with Gasteiger partial charge in [-0.1, -0.05) is 0 Å². The molecule has 3 rings (SSSR count). The zero-order valence-corrected chi connectivity index (χ0v) is 12.0. The van der Waals surface area contributed by atoms with E-state index < -0.39 is 5.97 Å². The summed E-state index contributed by atoms with van der Waals surface area (Å²) in [7, 11) is 2.98. The van der Waals surface area contributed by atoms with E-state index in [-0.39, 0.29) is 11.0 Å². The van der Waals surface area contributed by atoms with Crippen molar-refractivity contribution in [1.82, 2.24) is 19.6 Å². The third kappa shape index (κ3) is 1.89. The normalized spacial score (nSPS) is 11.2. The first-order valence-electron chi connectivity index (χ1n) is 6.52. The quantitative estimate of drug-likeness (QED) is 0.659. The first-order valence-corrected chi connectivity index (χ1v) is 6.52. The van der Waals surface area contributed by atoms with Crippen molar-refractivity contribution in [1.29, 1.82) is 0 Å². The molecule has 0 saturated carbocycles. The minimum absolute atomic E-state index is 0.0232. The molecule has 2 heterocycles. The first-order chi connectivity index (χ1) is 10.1. The topological polar surface area (TPSA) is 79.0 Å². The molecule has 0 saturated heterocycles. The molecular weight excluding hydrogens is 272 g/mol. The molecule has 0 unspecified atom stereocenters. The number of fused-ring (bicyclic) bond motifs is 3. The van der Waals surface area contributed by atoms with Gasteiger partial charge in [0.05, 0.1) is 12.6 Å². The highest BCUT2D eigenvalue weighted by molar-refractivity contribution is 6.03. The number of hydrogen-bond acceptors (Lipinski definition) is 5. The SMILES string of the molecule is CCn1cc(C(=O)OC)c(=O)c2ccc3nn(C)nc3c21. The summed E-state index contributed by atoms with van der Waals surface area (Å²) in [5.41, 5.74) is 1.70. The number of esters is 1. The van der Waals surface area contributed by atoms with Crippen molar-refractivity contribution in [2.24, 2.45) is 7.05 Å². The van der Waals surface area contributed by atoms with Crippen molar-refractivity contribution in [2.45, 2.75) is 13.5 Å². The van der Waals surface area contributed by atoms with Crippen LogP contribution >= 0.6 is 0 Å². The number of carbonyl (C=O) groups is 1. The van der Waals surface area contributed by atoms with Crippen LogP contribution in [0.3, 0.4) is 0 Å². The van der Waals surface area contributed by atoms with E-state index in [1.54, 1.807) is 19.2 Å². The number of nitrogens with zero attached hydrogens (tertiary/aromatic N) is 4. The summed E-state index contributed by atoms with van der Waals surface area (Å²) in [4.78, 5) is 25.7. The van der Waals surface area contributed by atoms with Crippen LogP contribution in [0.25, 0.3) is 21.9 Å². The third-order valence-corrected chi connectivity index (χ3v) is 3.43. The van der Waals surface area contributed by atoms with Crippen LogP contribution in [0.2, 0.25) is 0 Å². The Bertz CT molecular complexity index is 923.